The van der Waals surface area contributed by atoms with E-state index in [1.165, 1.54) is 0 Å². The highest BCUT2D eigenvalue weighted by Gasteiger charge is 2.14. The molecule has 8 heteroatoms. The zero-order chi connectivity index (χ0) is 23.2. The van der Waals surface area contributed by atoms with E-state index in [0.717, 1.165) is 53.8 Å². The molecule has 0 fully saturated rings. The summed E-state index contributed by atoms with van der Waals surface area (Å²) < 4.78 is 3.48. The lowest BCUT2D eigenvalue weighted by Gasteiger charge is -2.08. The van der Waals surface area contributed by atoms with Gasteiger partial charge in [0.25, 0.3) is 0 Å². The summed E-state index contributed by atoms with van der Waals surface area (Å²) >= 11 is 0. The molecule has 0 saturated carbocycles. The van der Waals surface area contributed by atoms with E-state index in [1.807, 2.05) is 16.7 Å². The third-order valence-corrected chi connectivity index (χ3v) is 5.78. The van der Waals surface area contributed by atoms with Gasteiger partial charge in [-0.1, -0.05) is 69.7 Å². The number of hydrogen-bond donors (Lipinski definition) is 1. The Balaban J connectivity index is 1.55. The lowest BCUT2D eigenvalue weighted by molar-refractivity contribution is 0.472. The molecule has 0 atom stereocenters. The molecule has 33 heavy (non-hydrogen) atoms. The van der Waals surface area contributed by atoms with Crippen LogP contribution in [0.25, 0.3) is 22.5 Å². The molecule has 0 aliphatic heterocycles. The highest BCUT2D eigenvalue weighted by atomic mass is 16.2. The van der Waals surface area contributed by atoms with Gasteiger partial charge in [0.15, 0.2) is 5.82 Å². The third kappa shape index (κ3) is 5.45. The minimum atomic E-state index is -0.0146. The fourth-order valence-corrected chi connectivity index (χ4v) is 3.80. The first kappa shape index (κ1) is 22.6. The monoisotopic (exact) mass is 445 g/mol. The van der Waals surface area contributed by atoms with E-state index in [2.05, 4.69) is 82.9 Å². The van der Waals surface area contributed by atoms with Crippen LogP contribution in [0.15, 0.2) is 53.3 Å². The van der Waals surface area contributed by atoms with Crippen LogP contribution in [0.4, 0.5) is 0 Å². The summed E-state index contributed by atoms with van der Waals surface area (Å²) in [5.41, 5.74) is 4.18. The van der Waals surface area contributed by atoms with Gasteiger partial charge in [-0.05, 0) is 51.9 Å². The van der Waals surface area contributed by atoms with Crippen molar-refractivity contribution in [2.24, 2.45) is 5.92 Å². The van der Waals surface area contributed by atoms with Crippen molar-refractivity contribution in [2.75, 3.05) is 0 Å². The highest BCUT2D eigenvalue weighted by Crippen LogP contribution is 2.24. The van der Waals surface area contributed by atoms with Crippen LogP contribution < -0.4 is 5.69 Å². The molecule has 0 radical (unpaired) electrons. The number of benzene rings is 2. The maximum atomic E-state index is 13.1. The lowest BCUT2D eigenvalue weighted by atomic mass is 10.0. The van der Waals surface area contributed by atoms with Gasteiger partial charge in [-0.25, -0.2) is 14.6 Å². The van der Waals surface area contributed by atoms with Crippen molar-refractivity contribution >= 4 is 0 Å². The number of tetrazole rings is 1. The number of aromatic nitrogens is 7. The van der Waals surface area contributed by atoms with Crippen LogP contribution in [0.5, 0.6) is 0 Å². The molecule has 172 valence electrons. The second-order valence-corrected chi connectivity index (χ2v) is 8.82. The van der Waals surface area contributed by atoms with Gasteiger partial charge in [0, 0.05) is 18.5 Å². The summed E-state index contributed by atoms with van der Waals surface area (Å²) in [6, 6.07) is 16.4. The van der Waals surface area contributed by atoms with E-state index >= 15 is 0 Å². The standard InChI is InChI=1S/C25H31N7O/c1-4-5-9-23-28-32(15-14-18(2)3)25(33)31(23)17-19-10-12-20(13-11-19)21-7-6-8-22(16-21)24-26-29-30-27-24/h6-8,10-13,16,18H,4-5,9,14-15,17H2,1-3H3,(H,26,27,29,30). The fraction of sp³-hybridized carbons (Fsp3) is 0.400. The van der Waals surface area contributed by atoms with Crippen LogP contribution in [0.3, 0.4) is 0 Å². The molecule has 2 heterocycles. The number of H-pyrrole nitrogens is 1. The maximum absolute atomic E-state index is 13.1. The number of nitrogens with one attached hydrogen (secondary N) is 1. The van der Waals surface area contributed by atoms with Gasteiger partial charge >= 0.3 is 5.69 Å². The molecule has 0 bridgehead atoms. The minimum Gasteiger partial charge on any atom is -0.274 e. The summed E-state index contributed by atoms with van der Waals surface area (Å²) in [7, 11) is 0. The van der Waals surface area contributed by atoms with Gasteiger partial charge < -0.3 is 0 Å². The van der Waals surface area contributed by atoms with Crippen LogP contribution >= 0.6 is 0 Å². The molecule has 0 aliphatic rings. The normalized spacial score (nSPS) is 11.4. The van der Waals surface area contributed by atoms with E-state index in [4.69, 9.17) is 0 Å². The Labute approximate surface area is 193 Å². The molecule has 1 N–H and O–H groups in total. The topological polar surface area (TPSA) is 94.3 Å². The summed E-state index contributed by atoms with van der Waals surface area (Å²) in [6.07, 6.45) is 3.87. The zero-order valence-electron chi connectivity index (χ0n) is 19.5. The first-order valence-electron chi connectivity index (χ1n) is 11.6. The fourth-order valence-electron chi connectivity index (χ4n) is 3.80. The molecule has 2 aromatic heterocycles. The number of rotatable bonds is 10. The van der Waals surface area contributed by atoms with Crippen molar-refractivity contribution in [3.63, 3.8) is 0 Å². The summed E-state index contributed by atoms with van der Waals surface area (Å²) in [4.78, 5) is 13.1. The molecular weight excluding hydrogens is 414 g/mol. The van der Waals surface area contributed by atoms with Crippen LogP contribution in [-0.2, 0) is 19.5 Å². The van der Waals surface area contributed by atoms with Gasteiger partial charge in [0.05, 0.1) is 6.54 Å². The number of hydrogen-bond acceptors (Lipinski definition) is 5. The predicted molar refractivity (Wildman–Crippen MR) is 129 cm³/mol. The number of nitrogens with zero attached hydrogens (tertiary/aromatic N) is 6. The van der Waals surface area contributed by atoms with Gasteiger partial charge in [0.1, 0.15) is 5.82 Å². The van der Waals surface area contributed by atoms with Crippen LogP contribution in [0, 0.1) is 5.92 Å². The summed E-state index contributed by atoms with van der Waals surface area (Å²) in [5.74, 6) is 2.05. The Hall–Kier alpha value is -3.55. The molecule has 0 unspecified atom stereocenters. The van der Waals surface area contributed by atoms with Crippen molar-refractivity contribution in [2.45, 2.75) is 59.5 Å². The SMILES string of the molecule is CCCCc1nn(CCC(C)C)c(=O)n1Cc1ccc(-c2cccc(-c3nnn[nH]3)c2)cc1. The van der Waals surface area contributed by atoms with Crippen molar-refractivity contribution in [1.82, 2.24) is 35.0 Å². The van der Waals surface area contributed by atoms with Gasteiger partial charge in [-0.3, -0.25) is 4.57 Å². The molecule has 0 amide bonds. The van der Waals surface area contributed by atoms with E-state index < -0.39 is 0 Å². The number of aromatic amines is 1. The highest BCUT2D eigenvalue weighted by molar-refractivity contribution is 5.70. The molecule has 4 rings (SSSR count). The second-order valence-electron chi connectivity index (χ2n) is 8.82. The first-order valence-corrected chi connectivity index (χ1v) is 11.6. The van der Waals surface area contributed by atoms with Crippen molar-refractivity contribution in [1.29, 1.82) is 0 Å². The molecule has 0 aliphatic carbocycles. The van der Waals surface area contributed by atoms with Gasteiger partial charge in [-0.2, -0.15) is 5.10 Å². The first-order chi connectivity index (χ1) is 16.0. The molecule has 2 aromatic carbocycles. The summed E-state index contributed by atoms with van der Waals surface area (Å²) in [6.45, 7) is 7.69. The molecule has 8 nitrogen and oxygen atoms in total. The van der Waals surface area contributed by atoms with Crippen LogP contribution in [0.2, 0.25) is 0 Å². The van der Waals surface area contributed by atoms with Crippen molar-refractivity contribution in [3.8, 4) is 22.5 Å². The molecule has 0 saturated heterocycles. The molecule has 4 aromatic rings. The quantitative estimate of drug-likeness (QED) is 0.392. The predicted octanol–water partition coefficient (Wildman–Crippen LogP) is 4.33. The lowest BCUT2D eigenvalue weighted by Crippen LogP contribution is -2.26. The van der Waals surface area contributed by atoms with Crippen LogP contribution in [0.1, 0.15) is 51.4 Å². The zero-order valence-corrected chi connectivity index (χ0v) is 19.5. The Morgan fingerprint density at radius 2 is 1.82 bits per heavy atom. The Morgan fingerprint density at radius 3 is 2.52 bits per heavy atom. The van der Waals surface area contributed by atoms with Gasteiger partial charge in [0.2, 0.25) is 0 Å². The number of aryl methyl sites for hydroxylation is 2. The summed E-state index contributed by atoms with van der Waals surface area (Å²) in [5, 5.41) is 18.8. The smallest absolute Gasteiger partial charge is 0.274 e. The average Bonchev–Trinajstić information content (AvgIpc) is 3.46. The maximum Gasteiger partial charge on any atom is 0.346 e. The Bertz CT molecular complexity index is 1220. The van der Waals surface area contributed by atoms with E-state index in [-0.39, 0.29) is 5.69 Å². The second kappa shape index (κ2) is 10.4. The van der Waals surface area contributed by atoms with E-state index in [9.17, 15) is 4.79 Å². The van der Waals surface area contributed by atoms with Crippen molar-refractivity contribution in [3.05, 3.63) is 70.4 Å². The molecule has 0 spiro atoms. The minimum absolute atomic E-state index is 0.0146. The molecular formula is C25H31N7O. The Kier molecular flexibility index (Phi) is 7.12. The van der Waals surface area contributed by atoms with Crippen LogP contribution in [-0.4, -0.2) is 35.0 Å². The Morgan fingerprint density at radius 1 is 1.03 bits per heavy atom. The van der Waals surface area contributed by atoms with E-state index in [0.29, 0.717) is 24.8 Å². The van der Waals surface area contributed by atoms with Crippen molar-refractivity contribution < 1.29 is 0 Å². The van der Waals surface area contributed by atoms with Gasteiger partial charge in [-0.15, -0.1) is 5.10 Å². The van der Waals surface area contributed by atoms with E-state index in [1.54, 1.807) is 4.68 Å². The number of unbranched alkanes of at least 4 members (excludes halogenated alkanes) is 1. The largest absolute Gasteiger partial charge is 0.346 e. The third-order valence-electron chi connectivity index (χ3n) is 5.78. The average molecular weight is 446 g/mol.